The number of hydrogen-bond donors (Lipinski definition) is 1. The van der Waals surface area contributed by atoms with Crippen molar-refractivity contribution in [2.75, 3.05) is 11.9 Å². The molecule has 0 saturated heterocycles. The van der Waals surface area contributed by atoms with E-state index >= 15 is 0 Å². The van der Waals surface area contributed by atoms with Crippen LogP contribution in [0.15, 0.2) is 36.4 Å². The molecule has 0 amide bonds. The molecule has 0 bridgehead atoms. The molecular formula is C20H19Cl2N3. The fourth-order valence-electron chi connectivity index (χ4n) is 3.28. The van der Waals surface area contributed by atoms with Gasteiger partial charge in [-0.2, -0.15) is 5.10 Å². The number of hydrogen-bond acceptors (Lipinski definition) is 2. The Kier molecular flexibility index (Phi) is 4.22. The van der Waals surface area contributed by atoms with Crippen LogP contribution in [0.5, 0.6) is 0 Å². The average Bonchev–Trinajstić information content (AvgIpc) is 3.16. The lowest BCUT2D eigenvalue weighted by Crippen LogP contribution is -2.05. The predicted molar refractivity (Wildman–Crippen MR) is 104 cm³/mol. The Balaban J connectivity index is 1.76. The maximum atomic E-state index is 6.36. The third kappa shape index (κ3) is 3.03. The number of fused-ring (bicyclic) bond motifs is 1. The Morgan fingerprint density at radius 1 is 1.08 bits per heavy atom. The number of nitrogens with one attached hydrogen (secondary N) is 1. The monoisotopic (exact) mass is 371 g/mol. The maximum absolute atomic E-state index is 6.36. The van der Waals surface area contributed by atoms with Crippen molar-refractivity contribution in [2.24, 2.45) is 0 Å². The molecule has 1 aromatic heterocycles. The van der Waals surface area contributed by atoms with Crippen LogP contribution in [-0.2, 0) is 12.8 Å². The van der Waals surface area contributed by atoms with Gasteiger partial charge in [-0.1, -0.05) is 35.3 Å². The third-order valence-corrected chi connectivity index (χ3v) is 5.43. The van der Waals surface area contributed by atoms with Gasteiger partial charge in [-0.3, -0.25) is 0 Å². The number of nitrogens with zero attached hydrogens (tertiary/aromatic N) is 2. The highest BCUT2D eigenvalue weighted by molar-refractivity contribution is 6.35. The van der Waals surface area contributed by atoms with Crippen LogP contribution in [0.4, 0.5) is 5.82 Å². The summed E-state index contributed by atoms with van der Waals surface area (Å²) in [7, 11) is 0. The maximum Gasteiger partial charge on any atom is 0.133 e. The first kappa shape index (κ1) is 16.5. The van der Waals surface area contributed by atoms with Crippen molar-refractivity contribution >= 4 is 29.0 Å². The van der Waals surface area contributed by atoms with Gasteiger partial charge in [-0.25, -0.2) is 4.68 Å². The smallest absolute Gasteiger partial charge is 0.133 e. The quantitative estimate of drug-likeness (QED) is 0.671. The fourth-order valence-corrected chi connectivity index (χ4v) is 3.75. The van der Waals surface area contributed by atoms with Crippen LogP contribution in [0.1, 0.15) is 27.9 Å². The molecule has 5 heteroatoms. The van der Waals surface area contributed by atoms with Gasteiger partial charge in [0.2, 0.25) is 0 Å². The largest absolute Gasteiger partial charge is 0.369 e. The minimum atomic E-state index is 0.654. The Labute approximate surface area is 157 Å². The second-order valence-electron chi connectivity index (χ2n) is 6.54. The summed E-state index contributed by atoms with van der Waals surface area (Å²) in [5, 5.41) is 9.71. The normalized spacial score (nSPS) is 13.0. The SMILES string of the molecule is Cc1ccc(-n2nc(Cc3ccc(Cl)cc3Cl)c3c2NCC3)cc1C. The van der Waals surface area contributed by atoms with E-state index in [4.69, 9.17) is 28.3 Å². The van der Waals surface area contributed by atoms with Gasteiger partial charge in [-0.05, 0) is 61.2 Å². The molecule has 1 aliphatic rings. The van der Waals surface area contributed by atoms with E-state index in [9.17, 15) is 0 Å². The van der Waals surface area contributed by atoms with Crippen molar-refractivity contribution < 1.29 is 0 Å². The Bertz CT molecular complexity index is 960. The zero-order valence-corrected chi connectivity index (χ0v) is 15.7. The van der Waals surface area contributed by atoms with Crippen LogP contribution in [0.2, 0.25) is 10.0 Å². The van der Waals surface area contributed by atoms with Crippen molar-refractivity contribution in [3.63, 3.8) is 0 Å². The summed E-state index contributed by atoms with van der Waals surface area (Å²) in [4.78, 5) is 0. The van der Waals surface area contributed by atoms with Gasteiger partial charge in [0, 0.05) is 28.6 Å². The lowest BCUT2D eigenvalue weighted by molar-refractivity contribution is 0.838. The summed E-state index contributed by atoms with van der Waals surface area (Å²) in [5.74, 6) is 1.10. The van der Waals surface area contributed by atoms with Crippen molar-refractivity contribution in [1.29, 1.82) is 0 Å². The molecule has 0 aliphatic carbocycles. The van der Waals surface area contributed by atoms with E-state index in [2.05, 4.69) is 37.4 Å². The number of aromatic nitrogens is 2. The summed E-state index contributed by atoms with van der Waals surface area (Å²) in [5.41, 5.74) is 7.04. The minimum Gasteiger partial charge on any atom is -0.369 e. The van der Waals surface area contributed by atoms with E-state index in [0.29, 0.717) is 16.5 Å². The molecule has 4 rings (SSSR count). The van der Waals surface area contributed by atoms with Crippen molar-refractivity contribution in [3.8, 4) is 5.69 Å². The number of aryl methyl sites for hydroxylation is 2. The van der Waals surface area contributed by atoms with Crippen LogP contribution in [0, 0.1) is 13.8 Å². The van der Waals surface area contributed by atoms with Crippen LogP contribution in [0.3, 0.4) is 0 Å². The van der Waals surface area contributed by atoms with Crippen molar-refractivity contribution in [1.82, 2.24) is 9.78 Å². The zero-order chi connectivity index (χ0) is 17.6. The predicted octanol–water partition coefficient (Wildman–Crippen LogP) is 5.35. The van der Waals surface area contributed by atoms with Crippen LogP contribution >= 0.6 is 23.2 Å². The van der Waals surface area contributed by atoms with Gasteiger partial charge in [0.05, 0.1) is 11.4 Å². The molecule has 1 N–H and O–H groups in total. The first-order valence-corrected chi connectivity index (χ1v) is 9.14. The van der Waals surface area contributed by atoms with Crippen LogP contribution in [-0.4, -0.2) is 16.3 Å². The topological polar surface area (TPSA) is 29.9 Å². The van der Waals surface area contributed by atoms with E-state index < -0.39 is 0 Å². The lowest BCUT2D eigenvalue weighted by Gasteiger charge is -2.09. The van der Waals surface area contributed by atoms with Crippen LogP contribution < -0.4 is 5.32 Å². The van der Waals surface area contributed by atoms with Gasteiger partial charge >= 0.3 is 0 Å². The summed E-state index contributed by atoms with van der Waals surface area (Å²) in [6.45, 7) is 5.20. The second kappa shape index (κ2) is 6.40. The third-order valence-electron chi connectivity index (χ3n) is 4.84. The fraction of sp³-hybridized carbons (Fsp3) is 0.250. The Morgan fingerprint density at radius 3 is 2.68 bits per heavy atom. The molecule has 128 valence electrons. The van der Waals surface area contributed by atoms with E-state index in [-0.39, 0.29) is 0 Å². The molecular weight excluding hydrogens is 353 g/mol. The van der Waals surface area contributed by atoms with Crippen molar-refractivity contribution in [3.05, 3.63) is 74.4 Å². The van der Waals surface area contributed by atoms with Crippen molar-refractivity contribution in [2.45, 2.75) is 26.7 Å². The van der Waals surface area contributed by atoms with Gasteiger partial charge in [0.15, 0.2) is 0 Å². The number of anilines is 1. The molecule has 3 aromatic rings. The summed E-state index contributed by atoms with van der Waals surface area (Å²) >= 11 is 12.4. The Hall–Kier alpha value is -1.97. The number of benzene rings is 2. The van der Waals surface area contributed by atoms with E-state index in [1.165, 1.54) is 16.7 Å². The molecule has 0 radical (unpaired) electrons. The molecule has 2 heterocycles. The van der Waals surface area contributed by atoms with Gasteiger partial charge in [0.1, 0.15) is 5.82 Å². The molecule has 25 heavy (non-hydrogen) atoms. The van der Waals surface area contributed by atoms with Crippen LogP contribution in [0.25, 0.3) is 5.69 Å². The van der Waals surface area contributed by atoms with Gasteiger partial charge < -0.3 is 5.32 Å². The highest BCUT2D eigenvalue weighted by Crippen LogP contribution is 2.32. The highest BCUT2D eigenvalue weighted by Gasteiger charge is 2.23. The van der Waals surface area contributed by atoms with E-state index in [1.807, 2.05) is 16.8 Å². The van der Waals surface area contributed by atoms with E-state index in [0.717, 1.165) is 35.7 Å². The molecule has 0 saturated carbocycles. The number of rotatable bonds is 3. The van der Waals surface area contributed by atoms with E-state index in [1.54, 1.807) is 6.07 Å². The summed E-state index contributed by atoms with van der Waals surface area (Å²) in [6, 6.07) is 12.1. The van der Waals surface area contributed by atoms with Gasteiger partial charge in [0.25, 0.3) is 0 Å². The molecule has 0 atom stereocenters. The molecule has 0 spiro atoms. The molecule has 3 nitrogen and oxygen atoms in total. The first-order chi connectivity index (χ1) is 12.0. The standard InChI is InChI=1S/C20H19Cl2N3/c1-12-3-6-16(9-13(12)2)25-20-17(7-8-23-20)19(24-25)10-14-4-5-15(21)11-18(14)22/h3-6,9,11,23H,7-8,10H2,1-2H3. The first-order valence-electron chi connectivity index (χ1n) is 8.39. The summed E-state index contributed by atoms with van der Waals surface area (Å²) < 4.78 is 2.02. The molecule has 0 unspecified atom stereocenters. The number of halogens is 2. The highest BCUT2D eigenvalue weighted by atomic mass is 35.5. The zero-order valence-electron chi connectivity index (χ0n) is 14.2. The minimum absolute atomic E-state index is 0.654. The van der Waals surface area contributed by atoms with Gasteiger partial charge in [-0.15, -0.1) is 0 Å². The second-order valence-corrected chi connectivity index (χ2v) is 7.39. The Morgan fingerprint density at radius 2 is 1.92 bits per heavy atom. The molecule has 0 fully saturated rings. The lowest BCUT2D eigenvalue weighted by atomic mass is 10.1. The summed E-state index contributed by atoms with van der Waals surface area (Å²) in [6.07, 6.45) is 1.69. The molecule has 1 aliphatic heterocycles. The average molecular weight is 372 g/mol. The molecule has 2 aromatic carbocycles.